The van der Waals surface area contributed by atoms with Crippen LogP contribution in [0.5, 0.6) is 0 Å². The summed E-state index contributed by atoms with van der Waals surface area (Å²) in [5.41, 5.74) is 13.0. The molecule has 0 aromatic carbocycles. The maximum absolute atomic E-state index is 14.7. The topological polar surface area (TPSA) is 723 Å². The Kier molecular flexibility index (Phi) is 33.1. The number of carboxylic acid groups (broad SMARTS) is 4. The first-order valence-electron chi connectivity index (χ1n) is 33.7. The molecule has 12 atom stereocenters. The molecule has 588 valence electrons. The minimum absolute atomic E-state index is 0.111. The highest BCUT2D eigenvalue weighted by Crippen LogP contribution is 2.12. The third-order valence-corrected chi connectivity index (χ3v) is 16.2. The molecular weight excluding hydrogens is 1440 g/mol. The second-order valence-electron chi connectivity index (χ2n) is 24.8. The van der Waals surface area contributed by atoms with Crippen LogP contribution in [0, 0.1) is 0 Å². The molecule has 0 fully saturated rings. The van der Waals surface area contributed by atoms with E-state index in [-0.39, 0.29) is 48.5 Å². The van der Waals surface area contributed by atoms with Gasteiger partial charge in [-0.05, 0) is 39.7 Å². The Morgan fingerprint density at radius 2 is 0.642 bits per heavy atom. The first-order chi connectivity index (χ1) is 51.9. The number of hydrogen-bond acceptors (Lipinski definition) is 24. The fourth-order valence-electron chi connectivity index (χ4n) is 10.4. The Morgan fingerprint density at radius 3 is 0.972 bits per heavy atom. The number of rotatable bonds is 48. The van der Waals surface area contributed by atoms with Gasteiger partial charge in [0.15, 0.2) is 0 Å². The second-order valence-corrected chi connectivity index (χ2v) is 24.8. The van der Waals surface area contributed by atoms with Crippen LogP contribution in [-0.4, -0.2) is 261 Å². The van der Waals surface area contributed by atoms with Gasteiger partial charge in [-0.2, -0.15) is 0 Å². The Labute approximate surface area is 617 Å². The summed E-state index contributed by atoms with van der Waals surface area (Å²) >= 11 is 0. The number of nitrogens with two attached hydrogens (primary N) is 2. The lowest BCUT2D eigenvalue weighted by atomic mass is 10.0. The number of unbranched alkanes of at least 4 members (excludes halogenated alkanes) is 1. The molecule has 0 bridgehead atoms. The molecule has 6 heterocycles. The van der Waals surface area contributed by atoms with Gasteiger partial charge >= 0.3 is 23.9 Å². The van der Waals surface area contributed by atoms with Crippen LogP contribution in [0.1, 0.15) is 93.0 Å². The summed E-state index contributed by atoms with van der Waals surface area (Å²) in [6.45, 7) is 2.00. The average Bonchev–Trinajstić information content (AvgIpc) is 1.82. The summed E-state index contributed by atoms with van der Waals surface area (Å²) in [4.78, 5) is 256. The van der Waals surface area contributed by atoms with E-state index in [1.54, 1.807) is 0 Å². The summed E-state index contributed by atoms with van der Waals surface area (Å²) < 4.78 is 0. The Bertz CT molecular complexity index is 4030. The van der Waals surface area contributed by atoms with Crippen molar-refractivity contribution in [1.82, 2.24) is 124 Å². The molecule has 6 aromatic heterocycles. The third-order valence-electron chi connectivity index (χ3n) is 16.2. The second kappa shape index (κ2) is 42.6. The number of aliphatic carboxylic acids is 4. The van der Waals surface area contributed by atoms with Crippen LogP contribution in [0.3, 0.4) is 0 Å². The van der Waals surface area contributed by atoms with Crippen LogP contribution in [-0.2, 0) is 115 Å². The lowest BCUT2D eigenvalue weighted by Crippen LogP contribution is -2.61. The van der Waals surface area contributed by atoms with E-state index in [0.29, 0.717) is 30.8 Å². The van der Waals surface area contributed by atoms with E-state index in [4.69, 9.17) is 11.5 Å². The zero-order valence-corrected chi connectivity index (χ0v) is 58.6. The van der Waals surface area contributed by atoms with Gasteiger partial charge in [-0.1, -0.05) is 6.42 Å². The molecule has 26 N–H and O–H groups in total. The largest absolute Gasteiger partial charge is 0.481 e. The number of carbonyl (C=O) groups excluding carboxylic acids is 12. The number of hydrogen-bond donors (Lipinski definition) is 24. The number of carbonyl (C=O) groups is 16. The number of H-pyrrole nitrogens is 6. The van der Waals surface area contributed by atoms with Gasteiger partial charge in [0.2, 0.25) is 70.9 Å². The van der Waals surface area contributed by atoms with E-state index >= 15 is 0 Å². The van der Waals surface area contributed by atoms with E-state index < -0.39 is 219 Å². The molecule has 46 heteroatoms. The van der Waals surface area contributed by atoms with E-state index in [0.717, 1.165) is 0 Å². The lowest BCUT2D eigenvalue weighted by Gasteiger charge is -2.27. The van der Waals surface area contributed by atoms with Crippen molar-refractivity contribution in [3.63, 3.8) is 0 Å². The van der Waals surface area contributed by atoms with Crippen LogP contribution in [0.2, 0.25) is 0 Å². The van der Waals surface area contributed by atoms with Gasteiger partial charge in [0.05, 0.1) is 63.4 Å². The summed E-state index contributed by atoms with van der Waals surface area (Å²) in [5.74, 6) is -19.4. The molecule has 109 heavy (non-hydrogen) atoms. The molecule has 0 spiro atoms. The highest BCUT2D eigenvalue weighted by Gasteiger charge is 2.38. The van der Waals surface area contributed by atoms with Crippen molar-refractivity contribution in [1.29, 1.82) is 0 Å². The van der Waals surface area contributed by atoms with Crippen LogP contribution in [0.15, 0.2) is 75.1 Å². The summed E-state index contributed by atoms with van der Waals surface area (Å²) in [7, 11) is 0. The Balaban J connectivity index is 1.18. The molecule has 46 nitrogen and oxygen atoms in total. The van der Waals surface area contributed by atoms with Gasteiger partial charge in [0.1, 0.15) is 66.5 Å². The van der Waals surface area contributed by atoms with Crippen molar-refractivity contribution in [2.24, 2.45) is 11.5 Å². The maximum atomic E-state index is 14.7. The van der Waals surface area contributed by atoms with Crippen LogP contribution < -0.4 is 75.3 Å². The average molecular weight is 1530 g/mol. The van der Waals surface area contributed by atoms with Crippen molar-refractivity contribution in [3.8, 4) is 0 Å². The summed E-state index contributed by atoms with van der Waals surface area (Å²) in [6.07, 6.45) is 10.5. The number of aromatic nitrogens is 12. The highest BCUT2D eigenvalue weighted by molar-refractivity contribution is 6.01. The predicted molar refractivity (Wildman–Crippen MR) is 369 cm³/mol. The first kappa shape index (κ1) is 84.6. The number of imidazole rings is 6. The molecule has 12 amide bonds. The number of carboxylic acids is 4. The zero-order valence-electron chi connectivity index (χ0n) is 58.6. The quantitative estimate of drug-likeness (QED) is 0.0158. The van der Waals surface area contributed by atoms with Crippen LogP contribution in [0.4, 0.5) is 0 Å². The van der Waals surface area contributed by atoms with E-state index in [1.165, 1.54) is 89.0 Å². The number of nitrogens with one attached hydrogen (secondary N) is 18. The van der Waals surface area contributed by atoms with Crippen molar-refractivity contribution in [3.05, 3.63) is 109 Å². The Morgan fingerprint density at radius 1 is 0.349 bits per heavy atom. The van der Waals surface area contributed by atoms with Crippen molar-refractivity contribution in [2.75, 3.05) is 13.1 Å². The van der Waals surface area contributed by atoms with Crippen LogP contribution >= 0.6 is 0 Å². The summed E-state index contributed by atoms with van der Waals surface area (Å²) in [6, 6.07) is -19.7. The number of aromatic amines is 6. The lowest BCUT2D eigenvalue weighted by molar-refractivity contribution is -0.142. The normalized spacial score (nSPS) is 14.3. The van der Waals surface area contributed by atoms with Gasteiger partial charge in [-0.3, -0.25) is 71.9 Å². The van der Waals surface area contributed by atoms with E-state index in [9.17, 15) is 97.1 Å². The SMILES string of the molecule is C[C@H](NC(=O)[C@H](Cc1cnc[nH]1)NC(=O)CNC(=O)[C@H](Cc1cnc[nH]1)NC(=O)[C@H](Cc1cnc[nH]1)NC(=O)[C@H](Cc1cnc[nH]1)NC(=O)[C@H](CC(=O)O)NC(=O)[C@H](Cc1cnc[nH]1)NC(=O)[C@H](CC(=O)O)NC(=O)[C@H](CCC(=O)O)NC(=O)[C@H](C)NC(=O)[C@@H](N)CCCCN)C(=O)N[C@@H](Cc1cnc[nH]1)C(=O)O. The molecule has 0 radical (unpaired) electrons. The fraction of sp³-hybridized carbons (Fsp3) is 0.460. The van der Waals surface area contributed by atoms with Gasteiger partial charge in [-0.25, -0.2) is 34.7 Å². The van der Waals surface area contributed by atoms with Gasteiger partial charge in [0, 0.05) is 116 Å². The molecule has 0 aliphatic rings. The molecule has 0 aliphatic heterocycles. The van der Waals surface area contributed by atoms with Crippen LogP contribution in [0.25, 0.3) is 0 Å². The zero-order chi connectivity index (χ0) is 79.7. The molecule has 6 rings (SSSR count). The van der Waals surface area contributed by atoms with Gasteiger partial charge in [-0.15, -0.1) is 0 Å². The Hall–Kier alpha value is -13.3. The standard InChI is InChI=1S/C63H86N26O20/c1-30(79-54(99)38(65)5-3-4-8-64)52(97)82-39(6-7-49(91)92)56(101)87-45(15-50(93)94)61(106)86-44(13-36-21-70-28-77-36)60(105)88-46(16-51(95)96)62(107)85-43(12-35-20-69-27-76-35)59(104)84-42(11-34-19-68-26-75-34)58(103)83-40(9-32-17-66-24-73-32)55(100)72-23-48(90)81-41(10-33-18-67-25-74-33)57(102)80-31(2)53(98)89-47(63(108)109)14-37-22-71-29-78-37/h17-22,24-31,38-47H,3-16,23,64-65H2,1-2H3,(H,66,73)(H,67,74)(H,68,75)(H,69,76)(H,70,77)(H,71,78)(H,72,100)(H,79,99)(H,80,102)(H,81,90)(H,82,97)(H,83,103)(H,84,104)(H,85,107)(H,86,106)(H,87,101)(H,88,105)(H,89,98)(H,91,92)(H,93,94)(H,95,96)(H,108,109)/t30-,31-,38-,39-,40-,41-,42-,43-,44-,45-,46-,47-/m0/s1. The van der Waals surface area contributed by atoms with Crippen molar-refractivity contribution >= 4 is 94.8 Å². The third kappa shape index (κ3) is 28.9. The van der Waals surface area contributed by atoms with Gasteiger partial charge < -0.3 is 126 Å². The first-order valence-corrected chi connectivity index (χ1v) is 33.7. The van der Waals surface area contributed by atoms with Gasteiger partial charge in [0.25, 0.3) is 0 Å². The molecule has 6 aromatic rings. The highest BCUT2D eigenvalue weighted by atomic mass is 16.4. The monoisotopic (exact) mass is 1530 g/mol. The smallest absolute Gasteiger partial charge is 0.326 e. The predicted octanol–water partition coefficient (Wildman–Crippen LogP) is -8.37. The minimum atomic E-state index is -2.14. The fourth-order valence-corrected chi connectivity index (χ4v) is 10.4. The van der Waals surface area contributed by atoms with E-state index in [2.05, 4.69) is 124 Å². The molecule has 0 saturated carbocycles. The molecular formula is C63H86N26O20. The van der Waals surface area contributed by atoms with Crippen molar-refractivity contribution in [2.45, 2.75) is 170 Å². The molecule has 0 saturated heterocycles. The maximum Gasteiger partial charge on any atom is 0.326 e. The minimum Gasteiger partial charge on any atom is -0.481 e. The molecule has 0 unspecified atom stereocenters. The number of nitrogens with zero attached hydrogens (tertiary/aromatic N) is 6. The summed E-state index contributed by atoms with van der Waals surface area (Å²) in [5, 5.41) is 67.7. The number of amides is 12. The van der Waals surface area contributed by atoms with E-state index in [1.807, 2.05) is 0 Å². The van der Waals surface area contributed by atoms with Crippen molar-refractivity contribution < 1.29 is 97.1 Å². The molecule has 0 aliphatic carbocycles.